The molecule has 1 aromatic rings. The number of anilines is 1. The average Bonchev–Trinajstić information content (AvgIpc) is 2.66. The first kappa shape index (κ1) is 14.0. The van der Waals surface area contributed by atoms with Gasteiger partial charge in [-0.2, -0.15) is 5.10 Å². The lowest BCUT2D eigenvalue weighted by Crippen LogP contribution is -2.26. The minimum absolute atomic E-state index is 0.304. The molecular formula is C12H24N4O. The fourth-order valence-corrected chi connectivity index (χ4v) is 1.90. The Morgan fingerprint density at radius 1 is 1.59 bits per heavy atom. The smallest absolute Gasteiger partial charge is 0.0853 e. The van der Waals surface area contributed by atoms with Gasteiger partial charge in [0.1, 0.15) is 0 Å². The number of nitrogens with two attached hydrogens (primary N) is 1. The number of hydrogen-bond acceptors (Lipinski definition) is 4. The molecule has 5 nitrogen and oxygen atoms in total. The first-order valence-electron chi connectivity index (χ1n) is 6.19. The molecule has 5 heteroatoms. The molecule has 0 radical (unpaired) electrons. The Morgan fingerprint density at radius 2 is 2.35 bits per heavy atom. The zero-order valence-corrected chi connectivity index (χ0v) is 11.1. The highest BCUT2D eigenvalue weighted by atomic mass is 16.5. The monoisotopic (exact) mass is 240 g/mol. The second kappa shape index (κ2) is 7.29. The molecule has 3 N–H and O–H groups in total. The number of aromatic nitrogens is 2. The topological polar surface area (TPSA) is 65.1 Å². The van der Waals surface area contributed by atoms with Gasteiger partial charge in [0, 0.05) is 26.4 Å². The van der Waals surface area contributed by atoms with E-state index in [1.807, 2.05) is 17.9 Å². The lowest BCUT2D eigenvalue weighted by molar-refractivity contribution is 0.182. The number of methoxy groups -OCH3 is 1. The minimum atomic E-state index is 0.304. The van der Waals surface area contributed by atoms with E-state index in [1.165, 1.54) is 0 Å². The van der Waals surface area contributed by atoms with E-state index < -0.39 is 0 Å². The Kier molecular flexibility index (Phi) is 6.00. The van der Waals surface area contributed by atoms with Crippen LogP contribution in [0.1, 0.15) is 25.5 Å². The van der Waals surface area contributed by atoms with Crippen LogP contribution >= 0.6 is 0 Å². The van der Waals surface area contributed by atoms with Gasteiger partial charge >= 0.3 is 0 Å². The molecule has 1 atom stereocenters. The van der Waals surface area contributed by atoms with Crippen LogP contribution in [0.2, 0.25) is 0 Å². The van der Waals surface area contributed by atoms with E-state index >= 15 is 0 Å². The van der Waals surface area contributed by atoms with Gasteiger partial charge in [-0.05, 0) is 25.8 Å². The Morgan fingerprint density at radius 3 is 2.94 bits per heavy atom. The molecule has 98 valence electrons. The van der Waals surface area contributed by atoms with Crippen LogP contribution in [0.5, 0.6) is 0 Å². The van der Waals surface area contributed by atoms with Crippen LogP contribution in [0.3, 0.4) is 0 Å². The van der Waals surface area contributed by atoms with E-state index in [0.29, 0.717) is 12.6 Å². The molecule has 0 aromatic carbocycles. The maximum Gasteiger partial charge on any atom is 0.0853 e. The molecule has 1 aromatic heterocycles. The van der Waals surface area contributed by atoms with Crippen molar-refractivity contribution in [3.05, 3.63) is 11.9 Å². The predicted molar refractivity (Wildman–Crippen MR) is 70.2 cm³/mol. The number of nitrogens with one attached hydrogen (secondary N) is 1. The molecule has 1 rings (SSSR count). The van der Waals surface area contributed by atoms with Gasteiger partial charge in [0.15, 0.2) is 0 Å². The lowest BCUT2D eigenvalue weighted by Gasteiger charge is -2.18. The van der Waals surface area contributed by atoms with Gasteiger partial charge in [-0.25, -0.2) is 0 Å². The highest BCUT2D eigenvalue weighted by molar-refractivity contribution is 5.47. The zero-order chi connectivity index (χ0) is 12.7. The van der Waals surface area contributed by atoms with Crippen molar-refractivity contribution in [1.29, 1.82) is 0 Å². The Hall–Kier alpha value is -1.07. The first-order valence-corrected chi connectivity index (χ1v) is 6.19. The standard InChI is InChI=1S/C12H24N4O/c1-4-11-12(8-16(2)15-11)14-10(9-17-3)6-5-7-13/h8,10,14H,4-7,9,13H2,1-3H3. The summed E-state index contributed by atoms with van der Waals surface area (Å²) >= 11 is 0. The summed E-state index contributed by atoms with van der Waals surface area (Å²) in [5, 5.41) is 7.90. The molecule has 0 aliphatic rings. The fourth-order valence-electron chi connectivity index (χ4n) is 1.90. The van der Waals surface area contributed by atoms with E-state index in [4.69, 9.17) is 10.5 Å². The molecule has 0 fully saturated rings. The van der Waals surface area contributed by atoms with Crippen LogP contribution in [-0.2, 0) is 18.2 Å². The Labute approximate surface area is 103 Å². The molecule has 0 bridgehead atoms. The third-order valence-electron chi connectivity index (χ3n) is 2.72. The number of hydrogen-bond donors (Lipinski definition) is 2. The van der Waals surface area contributed by atoms with Gasteiger partial charge in [0.2, 0.25) is 0 Å². The minimum Gasteiger partial charge on any atom is -0.383 e. The molecular weight excluding hydrogens is 216 g/mol. The summed E-state index contributed by atoms with van der Waals surface area (Å²) in [6.45, 7) is 3.52. The maximum atomic E-state index is 5.54. The van der Waals surface area contributed by atoms with Crippen molar-refractivity contribution in [2.24, 2.45) is 12.8 Å². The SMILES string of the molecule is CCc1nn(C)cc1NC(CCCN)COC. The molecule has 1 unspecified atom stereocenters. The van der Waals surface area contributed by atoms with E-state index in [-0.39, 0.29) is 0 Å². The summed E-state index contributed by atoms with van der Waals surface area (Å²) in [7, 11) is 3.66. The highest BCUT2D eigenvalue weighted by Crippen LogP contribution is 2.16. The molecule has 0 aliphatic heterocycles. The fraction of sp³-hybridized carbons (Fsp3) is 0.750. The van der Waals surface area contributed by atoms with Crippen molar-refractivity contribution in [2.75, 3.05) is 25.6 Å². The summed E-state index contributed by atoms with van der Waals surface area (Å²) in [5.41, 5.74) is 7.75. The predicted octanol–water partition coefficient (Wildman–Crippen LogP) is 1.15. The average molecular weight is 240 g/mol. The second-order valence-electron chi connectivity index (χ2n) is 4.24. The summed E-state index contributed by atoms with van der Waals surface area (Å²) in [5.74, 6) is 0. The number of ether oxygens (including phenoxy) is 1. The normalized spacial score (nSPS) is 12.7. The van der Waals surface area contributed by atoms with Crippen molar-refractivity contribution < 1.29 is 4.74 Å². The van der Waals surface area contributed by atoms with E-state index in [2.05, 4.69) is 17.3 Å². The maximum absolute atomic E-state index is 5.54. The van der Waals surface area contributed by atoms with Crippen LogP contribution in [-0.4, -0.2) is 36.1 Å². The van der Waals surface area contributed by atoms with Crippen molar-refractivity contribution in [3.8, 4) is 0 Å². The molecule has 0 aliphatic carbocycles. The van der Waals surface area contributed by atoms with Crippen LogP contribution in [0.25, 0.3) is 0 Å². The third kappa shape index (κ3) is 4.36. The molecule has 0 spiro atoms. The second-order valence-corrected chi connectivity index (χ2v) is 4.24. The van der Waals surface area contributed by atoms with E-state index in [1.54, 1.807) is 7.11 Å². The highest BCUT2D eigenvalue weighted by Gasteiger charge is 2.12. The summed E-state index contributed by atoms with van der Waals surface area (Å²) in [6, 6.07) is 0.304. The molecule has 1 heterocycles. The summed E-state index contributed by atoms with van der Waals surface area (Å²) < 4.78 is 7.06. The largest absolute Gasteiger partial charge is 0.383 e. The number of rotatable bonds is 8. The summed E-state index contributed by atoms with van der Waals surface area (Å²) in [4.78, 5) is 0. The van der Waals surface area contributed by atoms with Crippen molar-refractivity contribution >= 4 is 5.69 Å². The van der Waals surface area contributed by atoms with Crippen LogP contribution in [0.4, 0.5) is 5.69 Å². The van der Waals surface area contributed by atoms with Gasteiger partial charge in [0.05, 0.1) is 18.0 Å². The van der Waals surface area contributed by atoms with Gasteiger partial charge in [-0.3, -0.25) is 4.68 Å². The third-order valence-corrected chi connectivity index (χ3v) is 2.72. The molecule has 0 saturated heterocycles. The lowest BCUT2D eigenvalue weighted by atomic mass is 10.1. The van der Waals surface area contributed by atoms with Gasteiger partial charge in [-0.1, -0.05) is 6.92 Å². The van der Waals surface area contributed by atoms with Crippen LogP contribution in [0, 0.1) is 0 Å². The van der Waals surface area contributed by atoms with E-state index in [9.17, 15) is 0 Å². The molecule has 0 amide bonds. The zero-order valence-electron chi connectivity index (χ0n) is 11.1. The number of nitrogens with zero attached hydrogens (tertiary/aromatic N) is 2. The van der Waals surface area contributed by atoms with Crippen molar-refractivity contribution in [2.45, 2.75) is 32.2 Å². The van der Waals surface area contributed by atoms with Crippen molar-refractivity contribution in [1.82, 2.24) is 9.78 Å². The van der Waals surface area contributed by atoms with Crippen LogP contribution in [0.15, 0.2) is 6.20 Å². The Bertz CT molecular complexity index is 324. The Balaban J connectivity index is 2.63. The van der Waals surface area contributed by atoms with Crippen LogP contribution < -0.4 is 11.1 Å². The van der Waals surface area contributed by atoms with Crippen molar-refractivity contribution in [3.63, 3.8) is 0 Å². The van der Waals surface area contributed by atoms with Gasteiger partial charge < -0.3 is 15.8 Å². The molecule has 0 saturated carbocycles. The quantitative estimate of drug-likeness (QED) is 0.715. The first-order chi connectivity index (χ1) is 8.21. The van der Waals surface area contributed by atoms with Gasteiger partial charge in [0.25, 0.3) is 0 Å². The summed E-state index contributed by atoms with van der Waals surface area (Å²) in [6.07, 6.45) is 4.97. The van der Waals surface area contributed by atoms with E-state index in [0.717, 1.165) is 37.2 Å². The molecule has 17 heavy (non-hydrogen) atoms. The number of aryl methyl sites for hydroxylation is 2. The van der Waals surface area contributed by atoms with Gasteiger partial charge in [-0.15, -0.1) is 0 Å².